The number of ether oxygens (including phenoxy) is 1. The lowest BCUT2D eigenvalue weighted by Gasteiger charge is -2.35. The summed E-state index contributed by atoms with van der Waals surface area (Å²) < 4.78 is 5.63. The van der Waals surface area contributed by atoms with Crippen LogP contribution in [0, 0.1) is 0 Å². The number of hydrogen-bond donors (Lipinski definition) is 1. The SMILES string of the molecule is CC1CN(C(=O)c2ccc(C(N)=S)cc2)CC(C)O1. The Hall–Kier alpha value is -1.46. The lowest BCUT2D eigenvalue weighted by Crippen LogP contribution is -2.48. The molecule has 1 saturated heterocycles. The van der Waals surface area contributed by atoms with Crippen molar-refractivity contribution >= 4 is 23.1 Å². The van der Waals surface area contributed by atoms with Crippen molar-refractivity contribution in [2.45, 2.75) is 26.1 Å². The van der Waals surface area contributed by atoms with Gasteiger partial charge in [-0.3, -0.25) is 4.79 Å². The second-order valence-electron chi connectivity index (χ2n) is 4.91. The number of nitrogens with zero attached hydrogens (tertiary/aromatic N) is 1. The number of rotatable bonds is 2. The Morgan fingerprint density at radius 3 is 2.16 bits per heavy atom. The number of benzene rings is 1. The summed E-state index contributed by atoms with van der Waals surface area (Å²) in [6.07, 6.45) is 0.146. The van der Waals surface area contributed by atoms with E-state index in [2.05, 4.69) is 0 Å². The van der Waals surface area contributed by atoms with Crippen LogP contribution in [0.15, 0.2) is 24.3 Å². The first-order chi connectivity index (χ1) is 8.97. The zero-order chi connectivity index (χ0) is 14.0. The normalized spacial score (nSPS) is 23.2. The van der Waals surface area contributed by atoms with Gasteiger partial charge in [0, 0.05) is 24.2 Å². The molecule has 0 aromatic heterocycles. The molecule has 2 unspecified atom stereocenters. The van der Waals surface area contributed by atoms with Crippen LogP contribution in [-0.2, 0) is 4.74 Å². The van der Waals surface area contributed by atoms with Crippen LogP contribution in [0.4, 0.5) is 0 Å². The van der Waals surface area contributed by atoms with E-state index in [4.69, 9.17) is 22.7 Å². The number of thiocarbonyl (C=S) groups is 1. The third-order valence-electron chi connectivity index (χ3n) is 3.12. The average molecular weight is 278 g/mol. The van der Waals surface area contributed by atoms with Gasteiger partial charge in [0.15, 0.2) is 0 Å². The Labute approximate surface area is 118 Å². The molecule has 1 amide bonds. The highest BCUT2D eigenvalue weighted by Gasteiger charge is 2.26. The number of amides is 1. The number of carbonyl (C=O) groups excluding carboxylic acids is 1. The van der Waals surface area contributed by atoms with Crippen LogP contribution in [-0.4, -0.2) is 41.1 Å². The van der Waals surface area contributed by atoms with Gasteiger partial charge in [-0.1, -0.05) is 24.4 Å². The summed E-state index contributed by atoms with van der Waals surface area (Å²) in [5, 5.41) is 0. The number of nitrogens with two attached hydrogens (primary N) is 1. The summed E-state index contributed by atoms with van der Waals surface area (Å²) in [6, 6.07) is 7.09. The fraction of sp³-hybridized carbons (Fsp3) is 0.429. The van der Waals surface area contributed by atoms with Crippen molar-refractivity contribution in [1.82, 2.24) is 4.90 Å². The molecule has 5 heteroatoms. The van der Waals surface area contributed by atoms with Crippen molar-refractivity contribution in [3.8, 4) is 0 Å². The minimum Gasteiger partial charge on any atom is -0.389 e. The van der Waals surface area contributed by atoms with Crippen LogP contribution in [0.3, 0.4) is 0 Å². The van der Waals surface area contributed by atoms with E-state index in [0.717, 1.165) is 5.56 Å². The Kier molecular flexibility index (Phi) is 4.17. The fourth-order valence-electron chi connectivity index (χ4n) is 2.30. The topological polar surface area (TPSA) is 55.6 Å². The number of hydrogen-bond acceptors (Lipinski definition) is 3. The zero-order valence-electron chi connectivity index (χ0n) is 11.1. The maximum Gasteiger partial charge on any atom is 0.254 e. The van der Waals surface area contributed by atoms with Gasteiger partial charge in [0.1, 0.15) is 4.99 Å². The quantitative estimate of drug-likeness (QED) is 0.834. The maximum absolute atomic E-state index is 12.4. The van der Waals surface area contributed by atoms with Crippen LogP contribution in [0.2, 0.25) is 0 Å². The molecule has 4 nitrogen and oxygen atoms in total. The highest BCUT2D eigenvalue weighted by Crippen LogP contribution is 2.15. The van der Waals surface area contributed by atoms with Gasteiger partial charge in [-0.2, -0.15) is 0 Å². The minimum absolute atomic E-state index is 0.0245. The van der Waals surface area contributed by atoms with E-state index in [1.165, 1.54) is 0 Å². The Bertz CT molecular complexity index is 477. The molecule has 0 spiro atoms. The van der Waals surface area contributed by atoms with E-state index < -0.39 is 0 Å². The van der Waals surface area contributed by atoms with Crippen LogP contribution < -0.4 is 5.73 Å². The molecule has 1 aromatic carbocycles. The number of carbonyl (C=O) groups is 1. The first-order valence-electron chi connectivity index (χ1n) is 6.32. The van der Waals surface area contributed by atoms with Crippen molar-refractivity contribution < 1.29 is 9.53 Å². The van der Waals surface area contributed by atoms with Gasteiger partial charge in [-0.15, -0.1) is 0 Å². The molecule has 0 aliphatic carbocycles. The summed E-state index contributed by atoms with van der Waals surface area (Å²) in [5.74, 6) is 0.0245. The lowest BCUT2D eigenvalue weighted by atomic mass is 10.1. The van der Waals surface area contributed by atoms with Gasteiger partial charge in [0.05, 0.1) is 12.2 Å². The van der Waals surface area contributed by atoms with Crippen LogP contribution in [0.1, 0.15) is 29.8 Å². The molecular formula is C14H18N2O2S. The Morgan fingerprint density at radius 2 is 1.68 bits per heavy atom. The molecule has 19 heavy (non-hydrogen) atoms. The molecule has 0 radical (unpaired) electrons. The van der Waals surface area contributed by atoms with Crippen LogP contribution in [0.5, 0.6) is 0 Å². The molecular weight excluding hydrogens is 260 g/mol. The molecule has 0 bridgehead atoms. The standard InChI is InChI=1S/C14H18N2O2S/c1-9-7-16(8-10(2)18-9)14(17)12-5-3-11(4-6-12)13(15)19/h3-6,9-10H,7-8H2,1-2H3,(H2,15,19). The molecule has 2 N–H and O–H groups in total. The number of morpholine rings is 1. The van der Waals surface area contributed by atoms with Gasteiger partial charge < -0.3 is 15.4 Å². The van der Waals surface area contributed by atoms with Gasteiger partial charge >= 0.3 is 0 Å². The summed E-state index contributed by atoms with van der Waals surface area (Å²) in [4.78, 5) is 14.5. The molecule has 2 atom stereocenters. The first-order valence-corrected chi connectivity index (χ1v) is 6.73. The summed E-state index contributed by atoms with van der Waals surface area (Å²) in [6.45, 7) is 5.21. The summed E-state index contributed by atoms with van der Waals surface area (Å²) in [5.41, 5.74) is 6.97. The van der Waals surface area contributed by atoms with Crippen molar-refractivity contribution in [1.29, 1.82) is 0 Å². The molecule has 1 aromatic rings. The predicted molar refractivity (Wildman–Crippen MR) is 78.2 cm³/mol. The Balaban J connectivity index is 2.12. The van der Waals surface area contributed by atoms with E-state index in [1.54, 1.807) is 24.3 Å². The molecule has 1 fully saturated rings. The molecule has 0 saturated carbocycles. The predicted octanol–water partition coefficient (Wildman–Crippen LogP) is 1.57. The van der Waals surface area contributed by atoms with E-state index in [0.29, 0.717) is 23.6 Å². The lowest BCUT2D eigenvalue weighted by molar-refractivity contribution is -0.0586. The van der Waals surface area contributed by atoms with Gasteiger partial charge in [0.2, 0.25) is 0 Å². The van der Waals surface area contributed by atoms with E-state index in [9.17, 15) is 4.79 Å². The third kappa shape index (κ3) is 3.30. The maximum atomic E-state index is 12.4. The first kappa shape index (κ1) is 14.0. The van der Waals surface area contributed by atoms with E-state index in [1.807, 2.05) is 18.7 Å². The summed E-state index contributed by atoms with van der Waals surface area (Å²) in [7, 11) is 0. The van der Waals surface area contributed by atoms with Crippen molar-refractivity contribution in [2.75, 3.05) is 13.1 Å². The van der Waals surface area contributed by atoms with Crippen LogP contribution in [0.25, 0.3) is 0 Å². The van der Waals surface area contributed by atoms with Crippen molar-refractivity contribution in [3.63, 3.8) is 0 Å². The van der Waals surface area contributed by atoms with E-state index in [-0.39, 0.29) is 18.1 Å². The monoisotopic (exact) mass is 278 g/mol. The van der Waals surface area contributed by atoms with Gasteiger partial charge in [-0.25, -0.2) is 0 Å². The molecule has 1 heterocycles. The van der Waals surface area contributed by atoms with Crippen molar-refractivity contribution in [2.24, 2.45) is 5.73 Å². The minimum atomic E-state index is 0.0245. The Morgan fingerprint density at radius 1 is 1.21 bits per heavy atom. The van der Waals surface area contributed by atoms with E-state index >= 15 is 0 Å². The average Bonchev–Trinajstić information content (AvgIpc) is 2.37. The second-order valence-corrected chi connectivity index (χ2v) is 5.35. The van der Waals surface area contributed by atoms with Gasteiger partial charge in [0.25, 0.3) is 5.91 Å². The smallest absolute Gasteiger partial charge is 0.254 e. The molecule has 1 aliphatic rings. The fourth-order valence-corrected chi connectivity index (χ4v) is 2.44. The summed E-state index contributed by atoms with van der Waals surface area (Å²) >= 11 is 4.89. The van der Waals surface area contributed by atoms with Crippen LogP contribution >= 0.6 is 12.2 Å². The highest BCUT2D eigenvalue weighted by atomic mass is 32.1. The molecule has 1 aliphatic heterocycles. The largest absolute Gasteiger partial charge is 0.389 e. The third-order valence-corrected chi connectivity index (χ3v) is 3.36. The van der Waals surface area contributed by atoms with Crippen molar-refractivity contribution in [3.05, 3.63) is 35.4 Å². The second kappa shape index (κ2) is 5.67. The zero-order valence-corrected chi connectivity index (χ0v) is 11.9. The highest BCUT2D eigenvalue weighted by molar-refractivity contribution is 7.80. The molecule has 2 rings (SSSR count). The molecule has 102 valence electrons. The van der Waals surface area contributed by atoms with Gasteiger partial charge in [-0.05, 0) is 26.0 Å².